The first kappa shape index (κ1) is 23.3. The van der Waals surface area contributed by atoms with E-state index in [1.807, 2.05) is 0 Å². The zero-order chi connectivity index (χ0) is 25.3. The highest BCUT2D eigenvalue weighted by Gasteiger charge is 2.31. The van der Waals surface area contributed by atoms with Crippen LogP contribution in [0.1, 0.15) is 12.0 Å². The first-order chi connectivity index (χ1) is 17.3. The third kappa shape index (κ3) is 4.99. The average Bonchev–Trinajstić information content (AvgIpc) is 3.48. The fourth-order valence-corrected chi connectivity index (χ4v) is 3.87. The van der Waals surface area contributed by atoms with Gasteiger partial charge in [0.25, 0.3) is 0 Å². The number of hydrogen-bond acceptors (Lipinski definition) is 5. The summed E-state index contributed by atoms with van der Waals surface area (Å²) < 4.78 is 63.0. The molecule has 0 saturated heterocycles. The molecule has 5 rings (SSSR count). The van der Waals surface area contributed by atoms with Crippen LogP contribution < -0.4 is 10.4 Å². The smallest absolute Gasteiger partial charge is 0.444 e. The second-order valence-corrected chi connectivity index (χ2v) is 7.98. The van der Waals surface area contributed by atoms with Crippen LogP contribution in [0, 0.1) is 5.82 Å². The van der Waals surface area contributed by atoms with E-state index in [0.29, 0.717) is 36.2 Å². The number of oxazole rings is 1. The van der Waals surface area contributed by atoms with Crippen molar-refractivity contribution in [2.45, 2.75) is 25.7 Å². The zero-order valence-electron chi connectivity index (χ0n) is 18.6. The molecule has 11 heteroatoms. The molecule has 0 atom stereocenters. The Hall–Kier alpha value is -4.41. The Morgan fingerprint density at radius 2 is 1.78 bits per heavy atom. The lowest BCUT2D eigenvalue weighted by molar-refractivity contribution is -0.274. The van der Waals surface area contributed by atoms with Gasteiger partial charge in [-0.05, 0) is 65.9 Å². The minimum absolute atomic E-state index is 0.198. The molecule has 0 N–H and O–H groups in total. The van der Waals surface area contributed by atoms with Crippen molar-refractivity contribution in [3.63, 3.8) is 0 Å². The van der Waals surface area contributed by atoms with Crippen LogP contribution in [0.5, 0.6) is 5.75 Å². The molecule has 7 nitrogen and oxygen atoms in total. The molecular weight excluding hydrogens is 480 g/mol. The number of fused-ring (bicyclic) bond motifs is 1. The Balaban J connectivity index is 1.30. The summed E-state index contributed by atoms with van der Waals surface area (Å²) in [6.45, 7) is 0.338. The summed E-state index contributed by atoms with van der Waals surface area (Å²) in [7, 11) is 0. The Bertz CT molecular complexity index is 1560. The van der Waals surface area contributed by atoms with E-state index in [-0.39, 0.29) is 22.9 Å². The lowest BCUT2D eigenvalue weighted by Crippen LogP contribution is -2.21. The van der Waals surface area contributed by atoms with E-state index in [2.05, 4.69) is 14.8 Å². The van der Waals surface area contributed by atoms with Crippen LogP contribution in [0.15, 0.2) is 82.5 Å². The molecule has 0 fully saturated rings. The van der Waals surface area contributed by atoms with Crippen molar-refractivity contribution < 1.29 is 26.7 Å². The fraction of sp³-hybridized carbons (Fsp3) is 0.160. The third-order valence-corrected chi connectivity index (χ3v) is 5.53. The number of ether oxygens (including phenoxy) is 1. The molecule has 0 aliphatic heterocycles. The van der Waals surface area contributed by atoms with Crippen LogP contribution in [0.4, 0.5) is 17.6 Å². The average molecular weight is 498 g/mol. The largest absolute Gasteiger partial charge is 0.573 e. The molecule has 5 aromatic rings. The van der Waals surface area contributed by atoms with Gasteiger partial charge in [0.15, 0.2) is 5.65 Å². The van der Waals surface area contributed by atoms with Crippen molar-refractivity contribution in [2.24, 2.45) is 0 Å². The molecule has 3 heterocycles. The van der Waals surface area contributed by atoms with Crippen molar-refractivity contribution in [3.8, 4) is 28.3 Å². The van der Waals surface area contributed by atoms with E-state index < -0.39 is 12.2 Å². The van der Waals surface area contributed by atoms with Gasteiger partial charge in [-0.1, -0.05) is 18.2 Å². The molecule has 0 radical (unpaired) electrons. The van der Waals surface area contributed by atoms with Gasteiger partial charge in [-0.2, -0.15) is 0 Å². The third-order valence-electron chi connectivity index (χ3n) is 5.53. The Morgan fingerprint density at radius 1 is 1.00 bits per heavy atom. The predicted molar refractivity (Wildman–Crippen MR) is 122 cm³/mol. The van der Waals surface area contributed by atoms with Crippen molar-refractivity contribution >= 4 is 5.65 Å². The van der Waals surface area contributed by atoms with Crippen LogP contribution in [0.25, 0.3) is 28.2 Å². The molecule has 0 unspecified atom stereocenters. The van der Waals surface area contributed by atoms with E-state index >= 15 is 0 Å². The lowest BCUT2D eigenvalue weighted by Gasteiger charge is -2.09. The highest BCUT2D eigenvalue weighted by Crippen LogP contribution is 2.27. The second kappa shape index (κ2) is 9.33. The first-order valence-electron chi connectivity index (χ1n) is 10.9. The van der Waals surface area contributed by atoms with Crippen LogP contribution in [-0.4, -0.2) is 25.5 Å². The number of hydrogen-bond donors (Lipinski definition) is 0. The molecule has 2 aromatic carbocycles. The highest BCUT2D eigenvalue weighted by atomic mass is 19.4. The molecule has 0 aliphatic carbocycles. The van der Waals surface area contributed by atoms with Crippen molar-refractivity contribution in [2.75, 3.05) is 0 Å². The summed E-state index contributed by atoms with van der Waals surface area (Å²) in [5.74, 6) is -0.564. The predicted octanol–water partition coefficient (Wildman–Crippen LogP) is 5.49. The topological polar surface area (TPSA) is 74.6 Å². The summed E-state index contributed by atoms with van der Waals surface area (Å²) in [4.78, 5) is 16.9. The van der Waals surface area contributed by atoms with Crippen LogP contribution in [0.2, 0.25) is 0 Å². The SMILES string of the molecule is O=c1n(CCCc2ccc(F)c(-c3ncco3)c2)nc2ccc(-c3ccc(OC(F)(F)F)cc3)cn12. The van der Waals surface area contributed by atoms with Gasteiger partial charge in [0.1, 0.15) is 17.8 Å². The van der Waals surface area contributed by atoms with Gasteiger partial charge < -0.3 is 9.15 Å². The Morgan fingerprint density at radius 3 is 2.50 bits per heavy atom. The number of alkyl halides is 3. The van der Waals surface area contributed by atoms with E-state index in [9.17, 15) is 22.4 Å². The van der Waals surface area contributed by atoms with E-state index in [1.54, 1.807) is 30.5 Å². The monoisotopic (exact) mass is 498 g/mol. The van der Waals surface area contributed by atoms with Gasteiger partial charge >= 0.3 is 12.1 Å². The molecule has 184 valence electrons. The number of rotatable bonds is 7. The standard InChI is InChI=1S/C25H18F4N4O3/c26-21-9-3-16(14-20(21)23-30-11-13-35-23)2-1-12-33-24(34)32-15-18(6-10-22(32)31-33)17-4-7-19(8-5-17)36-25(27,28)29/h3-11,13-15H,1-2,12H2. The molecule has 36 heavy (non-hydrogen) atoms. The van der Waals surface area contributed by atoms with Crippen LogP contribution in [-0.2, 0) is 13.0 Å². The number of benzene rings is 2. The zero-order valence-corrected chi connectivity index (χ0v) is 18.6. The van der Waals surface area contributed by atoms with Gasteiger partial charge in [0.2, 0.25) is 5.89 Å². The fourth-order valence-electron chi connectivity index (χ4n) is 3.87. The molecule has 0 aliphatic rings. The quantitative estimate of drug-likeness (QED) is 0.278. The number of aromatic nitrogens is 4. The van der Waals surface area contributed by atoms with Crippen molar-refractivity contribution in [1.29, 1.82) is 0 Å². The summed E-state index contributed by atoms with van der Waals surface area (Å²) in [6, 6.07) is 13.5. The first-order valence-corrected chi connectivity index (χ1v) is 10.9. The Kier molecular flexibility index (Phi) is 6.05. The summed E-state index contributed by atoms with van der Waals surface area (Å²) in [6.07, 6.45) is 0.793. The number of nitrogens with zero attached hydrogens (tertiary/aromatic N) is 4. The summed E-state index contributed by atoms with van der Waals surface area (Å²) >= 11 is 0. The molecular formula is C25H18F4N4O3. The van der Waals surface area contributed by atoms with Gasteiger partial charge in [-0.3, -0.25) is 0 Å². The number of aryl methyl sites for hydroxylation is 2. The maximum atomic E-state index is 14.1. The molecule has 0 bridgehead atoms. The van der Waals surface area contributed by atoms with E-state index in [4.69, 9.17) is 4.42 Å². The van der Waals surface area contributed by atoms with Gasteiger partial charge in [-0.15, -0.1) is 18.3 Å². The lowest BCUT2D eigenvalue weighted by atomic mass is 10.1. The minimum atomic E-state index is -4.77. The van der Waals surface area contributed by atoms with Gasteiger partial charge in [-0.25, -0.2) is 23.3 Å². The normalized spacial score (nSPS) is 11.8. The molecule has 0 spiro atoms. The Labute approximate surface area is 201 Å². The highest BCUT2D eigenvalue weighted by molar-refractivity contribution is 5.65. The minimum Gasteiger partial charge on any atom is -0.444 e. The summed E-state index contributed by atoms with van der Waals surface area (Å²) in [5, 5.41) is 4.34. The summed E-state index contributed by atoms with van der Waals surface area (Å²) in [5.41, 5.74) is 2.48. The van der Waals surface area contributed by atoms with E-state index in [0.717, 1.165) is 5.56 Å². The van der Waals surface area contributed by atoms with Crippen LogP contribution >= 0.6 is 0 Å². The van der Waals surface area contributed by atoms with Crippen LogP contribution in [0.3, 0.4) is 0 Å². The van der Waals surface area contributed by atoms with Gasteiger partial charge in [0, 0.05) is 12.7 Å². The van der Waals surface area contributed by atoms with E-state index in [1.165, 1.54) is 51.9 Å². The number of pyridine rings is 1. The molecule has 3 aromatic heterocycles. The second-order valence-electron chi connectivity index (χ2n) is 7.98. The molecule has 0 amide bonds. The van der Waals surface area contributed by atoms with Crippen molar-refractivity contribution in [1.82, 2.24) is 19.2 Å². The maximum Gasteiger partial charge on any atom is 0.573 e. The molecule has 0 saturated carbocycles. The number of halogens is 4. The van der Waals surface area contributed by atoms with Gasteiger partial charge in [0.05, 0.1) is 11.8 Å². The maximum absolute atomic E-state index is 14.1. The van der Waals surface area contributed by atoms with Crippen molar-refractivity contribution in [3.05, 3.63) is 95.1 Å².